The van der Waals surface area contributed by atoms with Crippen molar-refractivity contribution in [2.45, 2.75) is 25.7 Å². The van der Waals surface area contributed by atoms with E-state index in [1.807, 2.05) is 36.7 Å². The third-order valence-corrected chi connectivity index (χ3v) is 6.16. The second-order valence-electron chi connectivity index (χ2n) is 6.53. The Hall–Kier alpha value is -2.24. The molecule has 1 aliphatic carbocycles. The average molecular weight is 334 g/mol. The molecule has 3 aromatic rings. The molecule has 1 unspecified atom stereocenters. The lowest BCUT2D eigenvalue weighted by atomic mass is 10.0. The Morgan fingerprint density at radius 1 is 1.25 bits per heavy atom. The number of anilines is 1. The van der Waals surface area contributed by atoms with Gasteiger partial charge in [-0.3, -0.25) is 9.99 Å². The minimum Gasteiger partial charge on any atom is -0.264 e. The van der Waals surface area contributed by atoms with E-state index in [9.17, 15) is 0 Å². The first-order valence-corrected chi connectivity index (χ1v) is 9.11. The van der Waals surface area contributed by atoms with Crippen LogP contribution in [-0.4, -0.2) is 16.5 Å². The van der Waals surface area contributed by atoms with Crippen LogP contribution >= 0.6 is 11.3 Å². The molecule has 24 heavy (non-hydrogen) atoms. The highest BCUT2D eigenvalue weighted by molar-refractivity contribution is 7.19. The van der Waals surface area contributed by atoms with E-state index in [2.05, 4.69) is 44.7 Å². The molecule has 120 valence electrons. The van der Waals surface area contributed by atoms with E-state index in [-0.39, 0.29) is 0 Å². The summed E-state index contributed by atoms with van der Waals surface area (Å²) in [5, 5.41) is 3.50. The molecule has 0 radical (unpaired) electrons. The Balaban J connectivity index is 1.43. The third-order valence-electron chi connectivity index (χ3n) is 4.91. The number of allylic oxidation sites excluding steroid dienone is 1. The zero-order valence-electron chi connectivity index (χ0n) is 13.5. The summed E-state index contributed by atoms with van der Waals surface area (Å²) in [5.74, 6) is 1.59. The van der Waals surface area contributed by atoms with Crippen molar-refractivity contribution in [3.8, 4) is 0 Å². The van der Waals surface area contributed by atoms with Crippen molar-refractivity contribution >= 4 is 27.2 Å². The van der Waals surface area contributed by atoms with Crippen molar-refractivity contribution < 1.29 is 0 Å². The Kier molecular flexibility index (Phi) is 3.18. The first-order valence-electron chi connectivity index (χ1n) is 8.29. The molecule has 1 N–H and O–H groups in total. The van der Waals surface area contributed by atoms with Crippen molar-refractivity contribution in [2.75, 3.05) is 11.6 Å². The van der Waals surface area contributed by atoms with Crippen LogP contribution in [0.1, 0.15) is 29.3 Å². The Morgan fingerprint density at radius 3 is 3.08 bits per heavy atom. The van der Waals surface area contributed by atoms with Gasteiger partial charge in [-0.15, -0.1) is 11.3 Å². The fraction of sp³-hybridized carbons (Fsp3) is 0.263. The van der Waals surface area contributed by atoms with E-state index in [4.69, 9.17) is 0 Å². The zero-order valence-corrected chi connectivity index (χ0v) is 14.3. The number of pyridine rings is 2. The highest BCUT2D eigenvalue weighted by Crippen LogP contribution is 2.45. The highest BCUT2D eigenvalue weighted by Gasteiger charge is 2.34. The molecule has 4 nitrogen and oxygen atoms in total. The van der Waals surface area contributed by atoms with Gasteiger partial charge >= 0.3 is 0 Å². The molecule has 0 bridgehead atoms. The first kappa shape index (κ1) is 14.1. The number of aryl methyl sites for hydroxylation is 1. The van der Waals surface area contributed by atoms with Gasteiger partial charge in [0.2, 0.25) is 0 Å². The lowest BCUT2D eigenvalue weighted by molar-refractivity contribution is 0.658. The van der Waals surface area contributed by atoms with Crippen LogP contribution in [0.3, 0.4) is 0 Å². The minimum absolute atomic E-state index is 0.585. The number of thiophene rings is 1. The van der Waals surface area contributed by atoms with Gasteiger partial charge in [0.1, 0.15) is 5.82 Å². The summed E-state index contributed by atoms with van der Waals surface area (Å²) in [6.07, 6.45) is 6.08. The number of fused-ring (bicyclic) bond motifs is 1. The fourth-order valence-electron chi connectivity index (χ4n) is 3.74. The molecule has 0 spiro atoms. The zero-order chi connectivity index (χ0) is 16.1. The maximum absolute atomic E-state index is 4.67. The van der Waals surface area contributed by atoms with Crippen LogP contribution in [0.15, 0.2) is 54.0 Å². The Bertz CT molecular complexity index is 926. The molecule has 5 rings (SSSR count). The lowest BCUT2D eigenvalue weighted by Crippen LogP contribution is -2.33. The smallest absolute Gasteiger partial charge is 0.147 e. The molecule has 5 heteroatoms. The lowest BCUT2D eigenvalue weighted by Gasteiger charge is -2.22. The predicted octanol–water partition coefficient (Wildman–Crippen LogP) is 4.16. The largest absolute Gasteiger partial charge is 0.264 e. The molecular formula is C19H18N4S. The number of hydrazine groups is 1. The van der Waals surface area contributed by atoms with Gasteiger partial charge in [0.05, 0.1) is 4.70 Å². The van der Waals surface area contributed by atoms with Crippen molar-refractivity contribution in [3.63, 3.8) is 0 Å². The van der Waals surface area contributed by atoms with Crippen molar-refractivity contribution in [3.05, 3.63) is 64.6 Å². The molecule has 0 aromatic carbocycles. The molecule has 2 aliphatic rings. The summed E-state index contributed by atoms with van der Waals surface area (Å²) in [7, 11) is 0. The maximum atomic E-state index is 4.67. The maximum Gasteiger partial charge on any atom is 0.147 e. The van der Waals surface area contributed by atoms with E-state index in [0.29, 0.717) is 5.92 Å². The number of aromatic nitrogens is 2. The van der Waals surface area contributed by atoms with Crippen LogP contribution in [0, 0.1) is 6.92 Å². The number of nitrogens with one attached hydrogen (secondary N) is 1. The number of hydrogen-bond acceptors (Lipinski definition) is 5. The van der Waals surface area contributed by atoms with Crippen LogP contribution in [0.2, 0.25) is 0 Å². The summed E-state index contributed by atoms with van der Waals surface area (Å²) in [4.78, 5) is 10.4. The van der Waals surface area contributed by atoms with Crippen molar-refractivity contribution in [1.29, 1.82) is 0 Å². The van der Waals surface area contributed by atoms with E-state index >= 15 is 0 Å². The monoisotopic (exact) mass is 334 g/mol. The Labute approximate surface area is 144 Å². The summed E-state index contributed by atoms with van der Waals surface area (Å²) in [6.45, 7) is 2.98. The summed E-state index contributed by atoms with van der Waals surface area (Å²) in [6, 6.07) is 10.6. The fourth-order valence-corrected chi connectivity index (χ4v) is 4.87. The second-order valence-corrected chi connectivity index (χ2v) is 7.64. The van der Waals surface area contributed by atoms with Gasteiger partial charge in [-0.05, 0) is 55.0 Å². The van der Waals surface area contributed by atoms with Gasteiger partial charge in [-0.2, -0.15) is 0 Å². The standard InChI is InChI=1S/C19H18N4S/c1-12-3-2-4-19(22-12)23-16-8-14(7-15(16)10-21-23)17-9-13-5-6-20-11-18(13)24-17/h2-6,9,11,14,21H,7-8,10H2,1H3. The quantitative estimate of drug-likeness (QED) is 0.764. The molecule has 0 saturated carbocycles. The predicted molar refractivity (Wildman–Crippen MR) is 98.1 cm³/mol. The molecule has 3 aromatic heterocycles. The average Bonchev–Trinajstić information content (AvgIpc) is 3.27. The molecular weight excluding hydrogens is 316 g/mol. The Morgan fingerprint density at radius 2 is 2.21 bits per heavy atom. The number of hydrogen-bond donors (Lipinski definition) is 1. The van der Waals surface area contributed by atoms with Crippen molar-refractivity contribution in [2.24, 2.45) is 0 Å². The van der Waals surface area contributed by atoms with E-state index in [1.54, 1.807) is 0 Å². The van der Waals surface area contributed by atoms with Crippen LogP contribution in [0.5, 0.6) is 0 Å². The molecule has 1 atom stereocenters. The normalized spacial score (nSPS) is 20.2. The van der Waals surface area contributed by atoms with Gasteiger partial charge in [-0.1, -0.05) is 6.07 Å². The third kappa shape index (κ3) is 2.24. The van der Waals surface area contributed by atoms with Crippen LogP contribution in [-0.2, 0) is 0 Å². The minimum atomic E-state index is 0.585. The molecule has 0 saturated heterocycles. The van der Waals surface area contributed by atoms with Gasteiger partial charge in [0.15, 0.2) is 0 Å². The summed E-state index contributed by atoms with van der Waals surface area (Å²) < 4.78 is 1.29. The van der Waals surface area contributed by atoms with Crippen molar-refractivity contribution in [1.82, 2.24) is 15.4 Å². The van der Waals surface area contributed by atoms with Crippen LogP contribution in [0.4, 0.5) is 5.82 Å². The van der Waals surface area contributed by atoms with E-state index < -0.39 is 0 Å². The van der Waals surface area contributed by atoms with Gasteiger partial charge in [0.25, 0.3) is 0 Å². The van der Waals surface area contributed by atoms with Gasteiger partial charge in [0, 0.05) is 41.1 Å². The van der Waals surface area contributed by atoms with Gasteiger partial charge in [-0.25, -0.2) is 10.4 Å². The molecule has 0 fully saturated rings. The van der Waals surface area contributed by atoms with Crippen LogP contribution < -0.4 is 10.4 Å². The molecule has 4 heterocycles. The SMILES string of the molecule is Cc1cccc(N2NCC3=C2CC(c2cc4ccncc4s2)C3)n1. The first-order chi connectivity index (χ1) is 11.8. The van der Waals surface area contributed by atoms with Crippen LogP contribution in [0.25, 0.3) is 10.1 Å². The van der Waals surface area contributed by atoms with E-state index in [1.165, 1.54) is 26.2 Å². The topological polar surface area (TPSA) is 41.0 Å². The number of nitrogens with zero attached hydrogens (tertiary/aromatic N) is 3. The second kappa shape index (κ2) is 5.40. The number of rotatable bonds is 2. The van der Waals surface area contributed by atoms with Gasteiger partial charge < -0.3 is 0 Å². The highest BCUT2D eigenvalue weighted by atomic mass is 32.1. The van der Waals surface area contributed by atoms with E-state index in [0.717, 1.165) is 30.9 Å². The summed E-state index contributed by atoms with van der Waals surface area (Å²) in [5.41, 5.74) is 7.48. The molecule has 1 aliphatic heterocycles. The summed E-state index contributed by atoms with van der Waals surface area (Å²) >= 11 is 1.89. The molecule has 0 amide bonds.